The zero-order valence-corrected chi connectivity index (χ0v) is 29.1. The van der Waals surface area contributed by atoms with Gasteiger partial charge in [0.15, 0.2) is 0 Å². The van der Waals surface area contributed by atoms with Crippen LogP contribution in [0, 0.1) is 17.7 Å². The van der Waals surface area contributed by atoms with E-state index in [0.717, 1.165) is 25.7 Å². The van der Waals surface area contributed by atoms with Crippen LogP contribution in [0.25, 0.3) is 0 Å². The van der Waals surface area contributed by atoms with E-state index in [9.17, 15) is 36.8 Å². The van der Waals surface area contributed by atoms with Gasteiger partial charge in [0.2, 0.25) is 21.8 Å². The zero-order chi connectivity index (χ0) is 35.9. The molecule has 1 aromatic carbocycles. The number of hydrogen-bond donors (Lipinski definition) is 3. The molecule has 0 bridgehead atoms. The number of alkyl carbamates (subject to hydrolysis) is 1. The van der Waals surface area contributed by atoms with Gasteiger partial charge in [0, 0.05) is 24.4 Å². The molecule has 0 spiro atoms. The zero-order valence-electron chi connectivity index (χ0n) is 28.3. The number of hydrogen-bond acceptors (Lipinski definition) is 9. The van der Waals surface area contributed by atoms with E-state index < -0.39 is 80.6 Å². The first kappa shape index (κ1) is 35.2. The van der Waals surface area contributed by atoms with E-state index in [4.69, 9.17) is 9.47 Å². The maximum Gasteiger partial charge on any atom is 0.410 e. The fraction of sp³-hybridized carbons (Fsp3) is 0.629. The molecule has 276 valence electrons. The highest BCUT2D eigenvalue weighted by molar-refractivity contribution is 7.91. The van der Waals surface area contributed by atoms with Gasteiger partial charge in [-0.3, -0.25) is 24.0 Å². The van der Waals surface area contributed by atoms with E-state index >= 15 is 0 Å². The summed E-state index contributed by atoms with van der Waals surface area (Å²) >= 11 is 0. The Morgan fingerprint density at radius 2 is 1.84 bits per heavy atom. The van der Waals surface area contributed by atoms with Gasteiger partial charge in [-0.25, -0.2) is 22.4 Å². The molecule has 1 aromatic rings. The number of halogens is 1. The molecular weight excluding hydrogens is 685 g/mol. The molecule has 5 amide bonds. The highest BCUT2D eigenvalue weighted by Gasteiger charge is 2.62. The molecule has 3 aliphatic carbocycles. The molecule has 0 aromatic heterocycles. The quantitative estimate of drug-likeness (QED) is 0.356. The van der Waals surface area contributed by atoms with Crippen molar-refractivity contribution in [2.45, 2.75) is 113 Å². The van der Waals surface area contributed by atoms with Crippen LogP contribution in [-0.4, -0.2) is 90.3 Å². The minimum atomic E-state index is -3.91. The minimum Gasteiger partial charge on any atom is -0.449 e. The average molecular weight is 730 g/mol. The number of nitrogens with one attached hydrogen (secondary N) is 3. The highest BCUT2D eigenvalue weighted by atomic mass is 32.2. The van der Waals surface area contributed by atoms with Crippen molar-refractivity contribution < 1.29 is 46.3 Å². The van der Waals surface area contributed by atoms with E-state index in [1.807, 2.05) is 12.2 Å². The Bertz CT molecular complexity index is 1730. The summed E-state index contributed by atoms with van der Waals surface area (Å²) < 4.78 is 53.2. The molecule has 3 saturated carbocycles. The number of allylic oxidation sites excluding steroid dienone is 1. The number of fused-ring (bicyclic) bond motifs is 3. The predicted octanol–water partition coefficient (Wildman–Crippen LogP) is 2.76. The van der Waals surface area contributed by atoms with Crippen LogP contribution in [0.3, 0.4) is 0 Å². The van der Waals surface area contributed by atoms with Crippen LogP contribution < -0.4 is 15.4 Å². The van der Waals surface area contributed by atoms with Crippen molar-refractivity contribution in [3.8, 4) is 0 Å². The first-order valence-corrected chi connectivity index (χ1v) is 19.5. The van der Waals surface area contributed by atoms with E-state index in [0.29, 0.717) is 42.7 Å². The molecule has 14 nitrogen and oxygen atoms in total. The Hall–Kier alpha value is -4.21. The van der Waals surface area contributed by atoms with Crippen LogP contribution in [0.1, 0.15) is 81.8 Å². The number of nitrogens with zero attached hydrogens (tertiary/aromatic N) is 2. The maximum absolute atomic E-state index is 14.4. The molecule has 1 saturated heterocycles. The van der Waals surface area contributed by atoms with Gasteiger partial charge >= 0.3 is 12.2 Å². The first-order chi connectivity index (χ1) is 24.4. The van der Waals surface area contributed by atoms with Crippen LogP contribution in [0.2, 0.25) is 0 Å². The van der Waals surface area contributed by atoms with Crippen LogP contribution in [0.4, 0.5) is 14.0 Å². The lowest BCUT2D eigenvalue weighted by atomic mass is 10.1. The summed E-state index contributed by atoms with van der Waals surface area (Å²) in [5, 5.41) is 4.83. The minimum absolute atomic E-state index is 0.00534. The van der Waals surface area contributed by atoms with Gasteiger partial charge < -0.3 is 25.0 Å². The smallest absolute Gasteiger partial charge is 0.410 e. The van der Waals surface area contributed by atoms with Gasteiger partial charge in [0.05, 0.1) is 24.9 Å². The van der Waals surface area contributed by atoms with E-state index in [1.54, 1.807) is 12.1 Å². The molecule has 5 atom stereocenters. The summed E-state index contributed by atoms with van der Waals surface area (Å²) in [6.45, 7) is 0.214. The van der Waals surface area contributed by atoms with Crippen LogP contribution >= 0.6 is 0 Å². The van der Waals surface area contributed by atoms with Crippen molar-refractivity contribution in [3.05, 3.63) is 47.3 Å². The standard InChI is InChI=1S/C35H44FN5O9S/c36-27-9-6-7-22-17-40(19-26(22)27)34(46)50-24-15-29-30(42)38-35(32(44)39-51(47,48)25-13-14-25)16-23(35)8-4-2-1-3-5-10-28(31(43)41(29)18-24)37-33(45)49-20-21-11-12-21/h4,6-9,21,23-25,28-29H,1-3,5,10-20H2,(H,37,45)(H,38,42)(H,39,44)/b8-4-/t23-,24-,28+,29+,35-/m1/s1. The number of amides is 5. The number of sulfonamides is 1. The molecule has 3 heterocycles. The van der Waals surface area contributed by atoms with Crippen molar-refractivity contribution in [2.75, 3.05) is 13.2 Å². The Labute approximate surface area is 295 Å². The molecule has 0 radical (unpaired) electrons. The van der Waals surface area contributed by atoms with Gasteiger partial charge in [-0.05, 0) is 68.9 Å². The third kappa shape index (κ3) is 7.85. The molecular formula is C35H44FN5O9S. The summed E-state index contributed by atoms with van der Waals surface area (Å²) in [5.74, 6) is -2.70. The number of ether oxygens (including phenoxy) is 2. The lowest BCUT2D eigenvalue weighted by Gasteiger charge is -2.29. The van der Waals surface area contributed by atoms with Gasteiger partial charge in [0.1, 0.15) is 29.5 Å². The summed E-state index contributed by atoms with van der Waals surface area (Å²) in [6, 6.07) is 2.37. The third-order valence-electron chi connectivity index (χ3n) is 10.7. The number of rotatable bonds is 7. The summed E-state index contributed by atoms with van der Waals surface area (Å²) in [5.41, 5.74) is -0.496. The molecule has 4 fully saturated rings. The maximum atomic E-state index is 14.4. The monoisotopic (exact) mass is 729 g/mol. The van der Waals surface area contributed by atoms with Crippen molar-refractivity contribution in [2.24, 2.45) is 11.8 Å². The van der Waals surface area contributed by atoms with Gasteiger partial charge in [-0.2, -0.15) is 0 Å². The number of carbonyl (C=O) groups excluding carboxylic acids is 5. The SMILES string of the molecule is O=C(N[C@H]1CCCCC/C=C\[C@@H]2C[C@@]2(C(=O)NS(=O)(=O)C2CC2)NC(=O)[C@@H]2C[C@@H](OC(=O)N3Cc4cccc(F)c4C3)CN2C1=O)OCC1CC1. The Kier molecular flexibility index (Phi) is 9.71. The lowest BCUT2D eigenvalue weighted by molar-refractivity contribution is -0.141. The molecule has 7 rings (SSSR count). The molecule has 0 unspecified atom stereocenters. The van der Waals surface area contributed by atoms with Crippen molar-refractivity contribution >= 4 is 39.9 Å². The van der Waals surface area contributed by atoms with Crippen LogP contribution in [0.15, 0.2) is 30.4 Å². The molecule has 6 aliphatic rings. The fourth-order valence-corrected chi connectivity index (χ4v) is 8.60. The van der Waals surface area contributed by atoms with Crippen molar-refractivity contribution in [3.63, 3.8) is 0 Å². The van der Waals surface area contributed by atoms with E-state index in [1.165, 1.54) is 15.9 Å². The van der Waals surface area contributed by atoms with E-state index in [2.05, 4.69) is 15.4 Å². The van der Waals surface area contributed by atoms with Crippen LogP contribution in [-0.2, 0) is 47.0 Å². The Morgan fingerprint density at radius 3 is 2.59 bits per heavy atom. The number of carbonyl (C=O) groups is 5. The summed E-state index contributed by atoms with van der Waals surface area (Å²) in [7, 11) is -3.91. The highest BCUT2D eigenvalue weighted by Crippen LogP contribution is 2.46. The Morgan fingerprint density at radius 1 is 1.04 bits per heavy atom. The van der Waals surface area contributed by atoms with Crippen LogP contribution in [0.5, 0.6) is 0 Å². The molecule has 3 N–H and O–H groups in total. The first-order valence-electron chi connectivity index (χ1n) is 17.9. The third-order valence-corrected chi connectivity index (χ3v) is 12.6. The Balaban J connectivity index is 1.12. The van der Waals surface area contributed by atoms with E-state index in [-0.39, 0.29) is 45.5 Å². The normalized spacial score (nSPS) is 30.1. The number of benzene rings is 1. The van der Waals surface area contributed by atoms with Gasteiger partial charge in [-0.1, -0.05) is 37.1 Å². The second kappa shape index (κ2) is 14.1. The van der Waals surface area contributed by atoms with Crippen molar-refractivity contribution in [1.82, 2.24) is 25.2 Å². The second-order valence-electron chi connectivity index (χ2n) is 14.7. The molecule has 16 heteroatoms. The predicted molar refractivity (Wildman–Crippen MR) is 178 cm³/mol. The average Bonchev–Trinajstić information content (AvgIpc) is 4.03. The molecule has 51 heavy (non-hydrogen) atoms. The largest absolute Gasteiger partial charge is 0.449 e. The lowest BCUT2D eigenvalue weighted by Crippen LogP contribution is -2.58. The molecule has 3 aliphatic heterocycles. The fourth-order valence-electron chi connectivity index (χ4n) is 7.24. The van der Waals surface area contributed by atoms with Gasteiger partial charge in [-0.15, -0.1) is 0 Å². The van der Waals surface area contributed by atoms with Gasteiger partial charge in [0.25, 0.3) is 5.91 Å². The topological polar surface area (TPSA) is 181 Å². The second-order valence-corrected chi connectivity index (χ2v) is 16.7. The summed E-state index contributed by atoms with van der Waals surface area (Å²) in [6.07, 6.45) is 7.28. The summed E-state index contributed by atoms with van der Waals surface area (Å²) in [4.78, 5) is 70.7. The van der Waals surface area contributed by atoms with Crippen molar-refractivity contribution in [1.29, 1.82) is 0 Å².